The second-order valence-corrected chi connectivity index (χ2v) is 9.06. The van der Waals surface area contributed by atoms with Gasteiger partial charge in [0.05, 0.1) is 22.1 Å². The molecule has 10 heteroatoms. The van der Waals surface area contributed by atoms with Crippen molar-refractivity contribution in [2.75, 3.05) is 18.4 Å². The van der Waals surface area contributed by atoms with Gasteiger partial charge < -0.3 is 5.32 Å². The first-order valence-corrected chi connectivity index (χ1v) is 10.6. The molecule has 0 spiro atoms. The number of anilines is 1. The van der Waals surface area contributed by atoms with Gasteiger partial charge in [-0.25, -0.2) is 8.42 Å². The predicted molar refractivity (Wildman–Crippen MR) is 103 cm³/mol. The molecule has 0 aliphatic carbocycles. The number of amides is 1. The summed E-state index contributed by atoms with van der Waals surface area (Å²) in [6.45, 7) is 0.124. The highest BCUT2D eigenvalue weighted by atomic mass is 35.5. The molecule has 1 heterocycles. The van der Waals surface area contributed by atoms with Crippen LogP contribution in [0.25, 0.3) is 0 Å². The van der Waals surface area contributed by atoms with Crippen LogP contribution < -0.4 is 5.32 Å². The van der Waals surface area contributed by atoms with E-state index in [1.54, 1.807) is 0 Å². The molecule has 29 heavy (non-hydrogen) atoms. The van der Waals surface area contributed by atoms with Crippen molar-refractivity contribution in [1.82, 2.24) is 4.31 Å². The van der Waals surface area contributed by atoms with E-state index in [0.717, 1.165) is 6.07 Å². The van der Waals surface area contributed by atoms with Gasteiger partial charge in [-0.15, -0.1) is 0 Å². The second kappa shape index (κ2) is 8.33. The molecule has 1 aliphatic heterocycles. The first-order chi connectivity index (χ1) is 13.6. The van der Waals surface area contributed by atoms with E-state index < -0.39 is 33.6 Å². The van der Waals surface area contributed by atoms with E-state index in [9.17, 15) is 26.4 Å². The summed E-state index contributed by atoms with van der Waals surface area (Å²) in [5.41, 5.74) is -1.29. The fraction of sp³-hybridized carbons (Fsp3) is 0.316. The van der Waals surface area contributed by atoms with Crippen LogP contribution in [0.1, 0.15) is 18.4 Å². The fourth-order valence-electron chi connectivity index (χ4n) is 3.20. The standard InChI is InChI=1S/C19H18ClF3N2O3S/c20-14-7-9-15(10-8-14)29(27,28)25-11-3-4-13(12-25)18(26)24-17-6-2-1-5-16(17)19(21,22)23/h1-2,5-10,13H,3-4,11-12H2,(H,24,26)/t13-/m1/s1. The topological polar surface area (TPSA) is 66.5 Å². The van der Waals surface area contributed by atoms with E-state index >= 15 is 0 Å². The van der Waals surface area contributed by atoms with Crippen LogP contribution in [-0.4, -0.2) is 31.7 Å². The van der Waals surface area contributed by atoms with Gasteiger partial charge in [0.15, 0.2) is 0 Å². The van der Waals surface area contributed by atoms with Crippen LogP contribution in [0, 0.1) is 5.92 Å². The molecule has 156 valence electrons. The number of sulfonamides is 1. The first kappa shape index (κ1) is 21.6. The Labute approximate surface area is 171 Å². The van der Waals surface area contributed by atoms with Crippen LogP contribution in [0.5, 0.6) is 0 Å². The molecule has 2 aromatic rings. The van der Waals surface area contributed by atoms with E-state index in [-0.39, 0.29) is 23.7 Å². The Hall–Kier alpha value is -2.10. The fourth-order valence-corrected chi connectivity index (χ4v) is 4.85. The van der Waals surface area contributed by atoms with Gasteiger partial charge in [-0.3, -0.25) is 4.79 Å². The number of alkyl halides is 3. The van der Waals surface area contributed by atoms with Gasteiger partial charge in [-0.2, -0.15) is 17.5 Å². The molecule has 0 saturated carbocycles. The molecule has 0 aromatic heterocycles. The van der Waals surface area contributed by atoms with Crippen molar-refractivity contribution in [3.63, 3.8) is 0 Å². The molecule has 1 amide bonds. The minimum absolute atomic E-state index is 0.0466. The van der Waals surface area contributed by atoms with Gasteiger partial charge in [-0.05, 0) is 49.2 Å². The highest BCUT2D eigenvalue weighted by Crippen LogP contribution is 2.35. The number of benzene rings is 2. The number of rotatable bonds is 4. The number of halogens is 4. The summed E-state index contributed by atoms with van der Waals surface area (Å²) in [6, 6.07) is 10.3. The molecule has 0 radical (unpaired) electrons. The van der Waals surface area contributed by atoms with Crippen molar-refractivity contribution in [2.45, 2.75) is 23.9 Å². The highest BCUT2D eigenvalue weighted by Gasteiger charge is 2.36. The molecule has 1 saturated heterocycles. The molecule has 5 nitrogen and oxygen atoms in total. The molecule has 1 N–H and O–H groups in total. The number of hydrogen-bond donors (Lipinski definition) is 1. The molecule has 2 aromatic carbocycles. The third-order valence-corrected chi connectivity index (χ3v) is 6.83. The predicted octanol–water partition coefficient (Wildman–Crippen LogP) is 4.40. The zero-order chi connectivity index (χ0) is 21.2. The van der Waals surface area contributed by atoms with Crippen molar-refractivity contribution in [3.8, 4) is 0 Å². The van der Waals surface area contributed by atoms with E-state index in [4.69, 9.17) is 11.6 Å². The summed E-state index contributed by atoms with van der Waals surface area (Å²) < 4.78 is 66.2. The molecular formula is C19H18ClF3N2O3S. The zero-order valence-electron chi connectivity index (χ0n) is 15.1. The van der Waals surface area contributed by atoms with Gasteiger partial charge in [0, 0.05) is 18.1 Å². The maximum absolute atomic E-state index is 13.1. The van der Waals surface area contributed by atoms with Crippen LogP contribution in [0.3, 0.4) is 0 Å². The van der Waals surface area contributed by atoms with E-state index in [1.165, 1.54) is 46.8 Å². The van der Waals surface area contributed by atoms with E-state index in [0.29, 0.717) is 17.9 Å². The normalized spacial score (nSPS) is 18.4. The van der Waals surface area contributed by atoms with E-state index in [1.807, 2.05) is 0 Å². The van der Waals surface area contributed by atoms with E-state index in [2.05, 4.69) is 5.32 Å². The average molecular weight is 447 g/mol. The Balaban J connectivity index is 1.76. The lowest BCUT2D eigenvalue weighted by atomic mass is 9.98. The number of para-hydroxylation sites is 1. The summed E-state index contributed by atoms with van der Waals surface area (Å²) in [6.07, 6.45) is -3.81. The average Bonchev–Trinajstić information content (AvgIpc) is 2.68. The van der Waals surface area contributed by atoms with Crippen LogP contribution in [0.4, 0.5) is 18.9 Å². The number of piperidine rings is 1. The molecule has 0 bridgehead atoms. The minimum Gasteiger partial charge on any atom is -0.325 e. The van der Waals surface area contributed by atoms with Crippen LogP contribution in [0.15, 0.2) is 53.4 Å². The van der Waals surface area contributed by atoms with Crippen molar-refractivity contribution in [2.24, 2.45) is 5.92 Å². The largest absolute Gasteiger partial charge is 0.418 e. The van der Waals surface area contributed by atoms with Crippen molar-refractivity contribution < 1.29 is 26.4 Å². The Morgan fingerprint density at radius 1 is 1.10 bits per heavy atom. The molecule has 1 fully saturated rings. The maximum atomic E-state index is 13.1. The number of carbonyl (C=O) groups is 1. The maximum Gasteiger partial charge on any atom is 0.418 e. The lowest BCUT2D eigenvalue weighted by Gasteiger charge is -2.31. The summed E-state index contributed by atoms with van der Waals surface area (Å²) in [5, 5.41) is 2.70. The summed E-state index contributed by atoms with van der Waals surface area (Å²) >= 11 is 5.79. The number of nitrogens with zero attached hydrogens (tertiary/aromatic N) is 1. The quantitative estimate of drug-likeness (QED) is 0.757. The van der Waals surface area contributed by atoms with Gasteiger partial charge in [0.2, 0.25) is 15.9 Å². The van der Waals surface area contributed by atoms with Crippen molar-refractivity contribution in [3.05, 3.63) is 59.1 Å². The third kappa shape index (κ3) is 4.91. The van der Waals surface area contributed by atoms with Crippen molar-refractivity contribution in [1.29, 1.82) is 0 Å². The summed E-state index contributed by atoms with van der Waals surface area (Å²) in [7, 11) is -3.83. The van der Waals surface area contributed by atoms with Gasteiger partial charge >= 0.3 is 6.18 Å². The SMILES string of the molecule is O=C(Nc1ccccc1C(F)(F)F)[C@@H]1CCCN(S(=O)(=O)c2ccc(Cl)cc2)C1. The molecule has 3 rings (SSSR count). The summed E-state index contributed by atoms with van der Waals surface area (Å²) in [5.74, 6) is -1.40. The molecular weight excluding hydrogens is 429 g/mol. The zero-order valence-corrected chi connectivity index (χ0v) is 16.7. The Morgan fingerprint density at radius 2 is 1.76 bits per heavy atom. The highest BCUT2D eigenvalue weighted by molar-refractivity contribution is 7.89. The Morgan fingerprint density at radius 3 is 2.41 bits per heavy atom. The van der Waals surface area contributed by atoms with Crippen LogP contribution >= 0.6 is 11.6 Å². The van der Waals surface area contributed by atoms with Crippen LogP contribution in [-0.2, 0) is 21.0 Å². The molecule has 1 atom stereocenters. The van der Waals surface area contributed by atoms with Crippen LogP contribution in [0.2, 0.25) is 5.02 Å². The minimum atomic E-state index is -4.61. The molecule has 0 unspecified atom stereocenters. The number of nitrogens with one attached hydrogen (secondary N) is 1. The van der Waals surface area contributed by atoms with Crippen molar-refractivity contribution >= 4 is 33.2 Å². The first-order valence-electron chi connectivity index (χ1n) is 8.82. The number of hydrogen-bond acceptors (Lipinski definition) is 3. The molecule has 1 aliphatic rings. The monoisotopic (exact) mass is 446 g/mol. The lowest BCUT2D eigenvalue weighted by molar-refractivity contribution is -0.137. The van der Waals surface area contributed by atoms with Gasteiger partial charge in [0.1, 0.15) is 0 Å². The van der Waals surface area contributed by atoms with Gasteiger partial charge in [0.25, 0.3) is 0 Å². The second-order valence-electron chi connectivity index (χ2n) is 6.69. The Kier molecular flexibility index (Phi) is 6.21. The third-order valence-electron chi connectivity index (χ3n) is 4.70. The lowest BCUT2D eigenvalue weighted by Crippen LogP contribution is -2.43. The number of carbonyl (C=O) groups excluding carboxylic acids is 1. The van der Waals surface area contributed by atoms with Gasteiger partial charge in [-0.1, -0.05) is 23.7 Å². The Bertz CT molecular complexity index is 995. The smallest absolute Gasteiger partial charge is 0.325 e. The summed E-state index contributed by atoms with van der Waals surface area (Å²) in [4.78, 5) is 12.6.